The van der Waals surface area contributed by atoms with Crippen LogP contribution in [-0.2, 0) is 22.7 Å². The number of amides is 2. The van der Waals surface area contributed by atoms with Crippen molar-refractivity contribution in [3.8, 4) is 17.3 Å². The fourth-order valence-corrected chi connectivity index (χ4v) is 7.74. The third kappa shape index (κ3) is 9.41. The van der Waals surface area contributed by atoms with E-state index in [1.54, 1.807) is 36.0 Å². The van der Waals surface area contributed by atoms with Crippen LogP contribution in [0.2, 0.25) is 20.1 Å². The first-order valence-corrected chi connectivity index (χ1v) is 20.2. The number of piperazine rings is 2. The van der Waals surface area contributed by atoms with Gasteiger partial charge in [-0.3, -0.25) is 19.0 Å². The fourth-order valence-electron chi connectivity index (χ4n) is 6.35. The number of hydrogen-bond acceptors (Lipinski definition) is 10. The third-order valence-corrected chi connectivity index (χ3v) is 12.3. The predicted molar refractivity (Wildman–Crippen MR) is 225 cm³/mol. The van der Waals surface area contributed by atoms with E-state index in [4.69, 9.17) is 55.9 Å². The van der Waals surface area contributed by atoms with Crippen LogP contribution >= 0.6 is 69.0 Å². The largest absolute Gasteiger partial charge is 0.495 e. The molecule has 5 aromatic rings. The highest BCUT2D eigenvalue weighted by molar-refractivity contribution is 14.1. The SMILES string of the molecule is COc1cc(N2CCN(C(=O)Cn3nc(-n4ccnn4)c(Cl)c3C)CC2)ccc1Cl.COc1cc(N2CCN(C(=O)Cn3nc(I)c(Cl)c3C)CC2)ccc1Cl. The van der Waals surface area contributed by atoms with E-state index in [0.717, 1.165) is 46.9 Å². The Kier molecular flexibility index (Phi) is 13.8. The van der Waals surface area contributed by atoms with Crippen molar-refractivity contribution in [1.29, 1.82) is 0 Å². The molecule has 0 saturated carbocycles. The maximum Gasteiger partial charge on any atom is 0.244 e. The summed E-state index contributed by atoms with van der Waals surface area (Å²) in [5.41, 5.74) is 3.59. The molecule has 0 radical (unpaired) electrons. The van der Waals surface area contributed by atoms with Crippen molar-refractivity contribution in [1.82, 2.24) is 44.4 Å². The van der Waals surface area contributed by atoms with Gasteiger partial charge in [0, 0.05) is 75.9 Å². The van der Waals surface area contributed by atoms with Crippen molar-refractivity contribution in [3.63, 3.8) is 0 Å². The van der Waals surface area contributed by atoms with Gasteiger partial charge in [0.2, 0.25) is 11.8 Å². The van der Waals surface area contributed by atoms with Gasteiger partial charge in [-0.25, -0.2) is 0 Å². The van der Waals surface area contributed by atoms with Crippen LogP contribution in [0.3, 0.4) is 0 Å². The van der Waals surface area contributed by atoms with Crippen molar-refractivity contribution in [2.24, 2.45) is 0 Å². The van der Waals surface area contributed by atoms with Crippen LogP contribution in [0, 0.1) is 17.5 Å². The molecule has 0 atom stereocenters. The second kappa shape index (κ2) is 18.5. The van der Waals surface area contributed by atoms with Gasteiger partial charge in [0.05, 0.1) is 53.1 Å². The molecule has 0 spiro atoms. The maximum atomic E-state index is 12.8. The Balaban J connectivity index is 0.000000192. The summed E-state index contributed by atoms with van der Waals surface area (Å²) < 4.78 is 16.1. The number of methoxy groups -OCH3 is 2. The molecule has 2 aliphatic heterocycles. The van der Waals surface area contributed by atoms with Crippen LogP contribution in [0.15, 0.2) is 48.8 Å². The lowest BCUT2D eigenvalue weighted by Crippen LogP contribution is -2.49. The number of hydrogen-bond donors (Lipinski definition) is 0. The summed E-state index contributed by atoms with van der Waals surface area (Å²) in [6.45, 7) is 9.55. The number of benzene rings is 2. The van der Waals surface area contributed by atoms with Crippen LogP contribution in [0.1, 0.15) is 11.4 Å². The van der Waals surface area contributed by atoms with Crippen molar-refractivity contribution in [3.05, 3.63) is 84.0 Å². The van der Waals surface area contributed by atoms with E-state index < -0.39 is 0 Å². The summed E-state index contributed by atoms with van der Waals surface area (Å²) in [6, 6.07) is 11.4. The van der Waals surface area contributed by atoms with Gasteiger partial charge >= 0.3 is 0 Å². The molecule has 0 aliphatic carbocycles. The van der Waals surface area contributed by atoms with E-state index in [0.29, 0.717) is 69.3 Å². The van der Waals surface area contributed by atoms with Crippen LogP contribution in [0.25, 0.3) is 5.82 Å². The highest BCUT2D eigenvalue weighted by atomic mass is 127. The van der Waals surface area contributed by atoms with Gasteiger partial charge in [0.25, 0.3) is 0 Å². The Morgan fingerprint density at radius 3 is 1.57 bits per heavy atom. The summed E-state index contributed by atoms with van der Waals surface area (Å²) >= 11 is 26.8. The molecule has 0 unspecified atom stereocenters. The molecular formula is C36H40Cl4IN11O4. The van der Waals surface area contributed by atoms with Crippen molar-refractivity contribution < 1.29 is 19.1 Å². The molecule has 0 N–H and O–H groups in total. The topological polar surface area (TPSA) is 132 Å². The molecule has 3 aromatic heterocycles. The number of rotatable bonds is 9. The predicted octanol–water partition coefficient (Wildman–Crippen LogP) is 5.90. The smallest absolute Gasteiger partial charge is 0.244 e. The van der Waals surface area contributed by atoms with Gasteiger partial charge < -0.3 is 29.1 Å². The lowest BCUT2D eigenvalue weighted by atomic mass is 10.2. The third-order valence-electron chi connectivity index (χ3n) is 9.69. The highest BCUT2D eigenvalue weighted by Gasteiger charge is 2.26. The van der Waals surface area contributed by atoms with Crippen LogP contribution in [-0.4, -0.2) is 123 Å². The molecule has 2 aliphatic rings. The number of carbonyl (C=O) groups excluding carboxylic acids is 2. The number of carbonyl (C=O) groups is 2. The molecule has 5 heterocycles. The molecular weight excluding hydrogens is 919 g/mol. The second-order valence-corrected chi connectivity index (χ2v) is 15.5. The molecule has 2 saturated heterocycles. The first-order valence-electron chi connectivity index (χ1n) is 17.6. The van der Waals surface area contributed by atoms with Gasteiger partial charge in [-0.05, 0) is 60.7 Å². The van der Waals surface area contributed by atoms with Crippen molar-refractivity contribution in [2.75, 3.05) is 76.4 Å². The van der Waals surface area contributed by atoms with Gasteiger partial charge in [0.15, 0.2) is 5.82 Å². The second-order valence-electron chi connectivity index (χ2n) is 12.9. The average molecular weight is 960 g/mol. The van der Waals surface area contributed by atoms with Gasteiger partial charge in [0.1, 0.15) is 33.3 Å². The van der Waals surface area contributed by atoms with Crippen LogP contribution < -0.4 is 19.3 Å². The zero-order chi connectivity index (χ0) is 40.1. The summed E-state index contributed by atoms with van der Waals surface area (Å²) in [5.74, 6) is 1.80. The Bertz CT molecular complexity index is 2170. The number of nitrogens with zero attached hydrogens (tertiary/aromatic N) is 11. The molecule has 15 nitrogen and oxygen atoms in total. The Morgan fingerprint density at radius 1 is 0.696 bits per heavy atom. The van der Waals surface area contributed by atoms with E-state index >= 15 is 0 Å². The number of anilines is 2. The minimum atomic E-state index is -0.00394. The molecule has 0 bridgehead atoms. The number of halogens is 5. The monoisotopic (exact) mass is 957 g/mol. The molecule has 7 rings (SSSR count). The zero-order valence-electron chi connectivity index (χ0n) is 31.1. The first-order chi connectivity index (χ1) is 26.9. The number of aromatic nitrogens is 7. The molecule has 20 heteroatoms. The summed E-state index contributed by atoms with van der Waals surface area (Å²) in [6.07, 6.45) is 3.20. The van der Waals surface area contributed by atoms with Crippen LogP contribution in [0.4, 0.5) is 11.4 Å². The summed E-state index contributed by atoms with van der Waals surface area (Å²) in [5, 5.41) is 18.7. The lowest BCUT2D eigenvalue weighted by molar-refractivity contribution is -0.133. The lowest BCUT2D eigenvalue weighted by Gasteiger charge is -2.36. The maximum absolute atomic E-state index is 12.8. The van der Waals surface area contributed by atoms with Gasteiger partial charge in [-0.1, -0.05) is 51.6 Å². The molecule has 56 heavy (non-hydrogen) atoms. The quantitative estimate of drug-likeness (QED) is 0.165. The summed E-state index contributed by atoms with van der Waals surface area (Å²) in [7, 11) is 3.20. The standard InChI is InChI=1S/C19H21Cl2N7O2.C17H19Cl2IN4O2/c1-13-18(21)19(27-6-5-22-24-27)23-28(13)12-17(29)26-9-7-25(8-10-26)14-3-4-15(20)16(11-14)30-2;1-11-16(19)17(20)21-24(11)10-15(25)23-7-5-22(6-8-23)12-3-4-13(18)14(9-12)26-2/h3-6,11H,7-10,12H2,1-2H3;3-4,9H,5-8,10H2,1-2H3. The molecule has 2 amide bonds. The highest BCUT2D eigenvalue weighted by Crippen LogP contribution is 2.31. The van der Waals surface area contributed by atoms with Gasteiger partial charge in [-0.2, -0.15) is 14.9 Å². The Hall–Kier alpha value is -3.97. The Morgan fingerprint density at radius 2 is 1.16 bits per heavy atom. The fraction of sp³-hybridized carbons (Fsp3) is 0.389. The van der Waals surface area contributed by atoms with Gasteiger partial charge in [-0.15, -0.1) is 5.10 Å². The first kappa shape index (κ1) is 41.7. The van der Waals surface area contributed by atoms with E-state index in [-0.39, 0.29) is 24.9 Å². The minimum absolute atomic E-state index is 0.00394. The van der Waals surface area contributed by atoms with E-state index in [1.807, 2.05) is 60.0 Å². The Labute approximate surface area is 358 Å². The average Bonchev–Trinajstić information content (AvgIpc) is 3.91. The van der Waals surface area contributed by atoms with E-state index in [9.17, 15) is 9.59 Å². The molecule has 2 fully saturated rings. The van der Waals surface area contributed by atoms with Crippen LogP contribution in [0.5, 0.6) is 11.5 Å². The summed E-state index contributed by atoms with van der Waals surface area (Å²) in [4.78, 5) is 33.6. The molecule has 298 valence electrons. The number of ether oxygens (including phenoxy) is 2. The van der Waals surface area contributed by atoms with Crippen molar-refractivity contribution in [2.45, 2.75) is 26.9 Å². The van der Waals surface area contributed by atoms with Crippen molar-refractivity contribution >= 4 is 92.2 Å². The molecule has 2 aromatic carbocycles. The minimum Gasteiger partial charge on any atom is -0.495 e. The van der Waals surface area contributed by atoms with E-state index in [2.05, 4.69) is 52.9 Å². The normalized spacial score (nSPS) is 14.4. The van der Waals surface area contributed by atoms with E-state index in [1.165, 1.54) is 4.68 Å². The zero-order valence-corrected chi connectivity index (χ0v) is 36.3.